The molecular formula is C27H33N3O4. The highest BCUT2D eigenvalue weighted by atomic mass is 16.5. The molecule has 4 rings (SSSR count). The van der Waals surface area contributed by atoms with Crippen molar-refractivity contribution in [2.24, 2.45) is 0 Å². The molecule has 1 aliphatic heterocycles. The standard InChI is InChI=1S/C27H33N3O4/c1-20-8-6-9-22(18-20)25-24(27(34-28-25)29-14-4-5-15-29)19-30(16-7-17-32-2)26(31)21-10-12-23(33-3)13-11-21/h6,8-13,18H,4-5,7,14-17,19H2,1-3H3. The summed E-state index contributed by atoms with van der Waals surface area (Å²) in [4.78, 5) is 17.7. The van der Waals surface area contributed by atoms with E-state index in [0.717, 1.165) is 66.4 Å². The number of hydrogen-bond acceptors (Lipinski definition) is 6. The maximum absolute atomic E-state index is 13.6. The fourth-order valence-corrected chi connectivity index (χ4v) is 4.39. The molecule has 0 atom stereocenters. The van der Waals surface area contributed by atoms with Gasteiger partial charge in [0.05, 0.1) is 19.2 Å². The Labute approximate surface area is 201 Å². The van der Waals surface area contributed by atoms with Gasteiger partial charge in [0.1, 0.15) is 11.4 Å². The van der Waals surface area contributed by atoms with Crippen LogP contribution in [0.15, 0.2) is 53.1 Å². The van der Waals surface area contributed by atoms with E-state index >= 15 is 0 Å². The van der Waals surface area contributed by atoms with Crippen molar-refractivity contribution in [2.75, 3.05) is 45.4 Å². The summed E-state index contributed by atoms with van der Waals surface area (Å²) in [5.74, 6) is 1.45. The number of amides is 1. The van der Waals surface area contributed by atoms with Gasteiger partial charge in [0.25, 0.3) is 5.91 Å². The van der Waals surface area contributed by atoms with Crippen LogP contribution in [0.4, 0.5) is 5.88 Å². The monoisotopic (exact) mass is 463 g/mol. The third-order valence-corrected chi connectivity index (χ3v) is 6.20. The maximum Gasteiger partial charge on any atom is 0.254 e. The second kappa shape index (κ2) is 11.2. The molecule has 3 aromatic rings. The van der Waals surface area contributed by atoms with E-state index in [9.17, 15) is 4.79 Å². The van der Waals surface area contributed by atoms with E-state index in [0.29, 0.717) is 25.3 Å². The first-order chi connectivity index (χ1) is 16.6. The second-order valence-corrected chi connectivity index (χ2v) is 8.68. The van der Waals surface area contributed by atoms with Crippen LogP contribution in [0, 0.1) is 6.92 Å². The van der Waals surface area contributed by atoms with E-state index in [-0.39, 0.29) is 5.91 Å². The minimum absolute atomic E-state index is 0.0393. The van der Waals surface area contributed by atoms with Crippen LogP contribution in [0.5, 0.6) is 5.75 Å². The fourth-order valence-electron chi connectivity index (χ4n) is 4.39. The molecule has 1 aromatic heterocycles. The van der Waals surface area contributed by atoms with Crippen LogP contribution in [-0.2, 0) is 11.3 Å². The Bertz CT molecular complexity index is 1090. The number of hydrogen-bond donors (Lipinski definition) is 0. The third-order valence-electron chi connectivity index (χ3n) is 6.20. The normalized spacial score (nSPS) is 13.3. The molecule has 34 heavy (non-hydrogen) atoms. The Hall–Kier alpha value is -3.32. The molecule has 0 unspecified atom stereocenters. The lowest BCUT2D eigenvalue weighted by molar-refractivity contribution is 0.0724. The molecule has 2 heterocycles. The van der Waals surface area contributed by atoms with Gasteiger partial charge in [0.15, 0.2) is 0 Å². The van der Waals surface area contributed by atoms with Crippen LogP contribution in [-0.4, -0.2) is 56.4 Å². The second-order valence-electron chi connectivity index (χ2n) is 8.68. The van der Waals surface area contributed by atoms with E-state index in [4.69, 9.17) is 14.0 Å². The van der Waals surface area contributed by atoms with Crippen LogP contribution in [0.3, 0.4) is 0 Å². The number of aryl methyl sites for hydroxylation is 1. The van der Waals surface area contributed by atoms with E-state index in [2.05, 4.69) is 29.1 Å². The number of ether oxygens (including phenoxy) is 2. The molecule has 1 fully saturated rings. The molecular weight excluding hydrogens is 430 g/mol. The highest BCUT2D eigenvalue weighted by molar-refractivity contribution is 5.94. The highest BCUT2D eigenvalue weighted by Crippen LogP contribution is 2.34. The Balaban J connectivity index is 1.69. The van der Waals surface area contributed by atoms with Crippen molar-refractivity contribution in [1.29, 1.82) is 0 Å². The topological polar surface area (TPSA) is 68.0 Å². The number of carbonyl (C=O) groups excluding carboxylic acids is 1. The van der Waals surface area contributed by atoms with Crippen LogP contribution in [0.2, 0.25) is 0 Å². The third kappa shape index (κ3) is 5.42. The molecule has 0 aliphatic carbocycles. The van der Waals surface area contributed by atoms with Gasteiger partial charge in [-0.25, -0.2) is 0 Å². The first kappa shape index (κ1) is 23.8. The van der Waals surface area contributed by atoms with Gasteiger partial charge < -0.3 is 23.8 Å². The van der Waals surface area contributed by atoms with Gasteiger partial charge in [-0.15, -0.1) is 0 Å². The van der Waals surface area contributed by atoms with E-state index in [1.54, 1.807) is 26.4 Å². The number of benzene rings is 2. The van der Waals surface area contributed by atoms with Crippen molar-refractivity contribution in [1.82, 2.24) is 10.1 Å². The molecule has 0 N–H and O–H groups in total. The van der Waals surface area contributed by atoms with Gasteiger partial charge in [0, 0.05) is 44.5 Å². The van der Waals surface area contributed by atoms with E-state index in [1.165, 1.54) is 0 Å². The summed E-state index contributed by atoms with van der Waals surface area (Å²) in [5.41, 5.74) is 4.52. The molecule has 0 saturated carbocycles. The summed E-state index contributed by atoms with van der Waals surface area (Å²) >= 11 is 0. The molecule has 7 heteroatoms. The Morgan fingerprint density at radius 3 is 2.56 bits per heavy atom. The molecule has 7 nitrogen and oxygen atoms in total. The molecule has 1 amide bonds. The van der Waals surface area contributed by atoms with Crippen LogP contribution < -0.4 is 9.64 Å². The molecule has 1 saturated heterocycles. The Morgan fingerprint density at radius 1 is 1.12 bits per heavy atom. The predicted molar refractivity (Wildman–Crippen MR) is 132 cm³/mol. The van der Waals surface area contributed by atoms with Crippen molar-refractivity contribution < 1.29 is 18.8 Å². The number of rotatable bonds is 10. The van der Waals surface area contributed by atoms with E-state index < -0.39 is 0 Å². The van der Waals surface area contributed by atoms with Crippen molar-refractivity contribution in [3.8, 4) is 17.0 Å². The minimum Gasteiger partial charge on any atom is -0.497 e. The SMILES string of the molecule is COCCCN(Cc1c(-c2cccc(C)c2)noc1N1CCCC1)C(=O)c1ccc(OC)cc1. The zero-order chi connectivity index (χ0) is 23.9. The predicted octanol–water partition coefficient (Wildman–Crippen LogP) is 4.94. The fraction of sp³-hybridized carbons (Fsp3) is 0.407. The average molecular weight is 464 g/mol. The number of methoxy groups -OCH3 is 2. The first-order valence-corrected chi connectivity index (χ1v) is 11.8. The first-order valence-electron chi connectivity index (χ1n) is 11.8. The lowest BCUT2D eigenvalue weighted by atomic mass is 10.0. The van der Waals surface area contributed by atoms with Gasteiger partial charge in [-0.2, -0.15) is 0 Å². The molecule has 1 aliphatic rings. The summed E-state index contributed by atoms with van der Waals surface area (Å²) in [5, 5.41) is 4.48. The summed E-state index contributed by atoms with van der Waals surface area (Å²) in [6.07, 6.45) is 2.99. The van der Waals surface area contributed by atoms with Gasteiger partial charge >= 0.3 is 0 Å². The molecule has 180 valence electrons. The lowest BCUT2D eigenvalue weighted by Gasteiger charge is -2.24. The minimum atomic E-state index is -0.0393. The zero-order valence-corrected chi connectivity index (χ0v) is 20.3. The van der Waals surface area contributed by atoms with Crippen molar-refractivity contribution in [3.05, 3.63) is 65.2 Å². The van der Waals surface area contributed by atoms with Gasteiger partial charge in [-0.1, -0.05) is 28.9 Å². The van der Waals surface area contributed by atoms with Gasteiger partial charge in [0.2, 0.25) is 5.88 Å². The van der Waals surface area contributed by atoms with Gasteiger partial charge in [-0.05, 0) is 56.5 Å². The highest BCUT2D eigenvalue weighted by Gasteiger charge is 2.28. The number of carbonyl (C=O) groups is 1. The molecule has 0 spiro atoms. The maximum atomic E-state index is 13.6. The van der Waals surface area contributed by atoms with Gasteiger partial charge in [-0.3, -0.25) is 4.79 Å². The van der Waals surface area contributed by atoms with Crippen molar-refractivity contribution in [2.45, 2.75) is 32.7 Å². The average Bonchev–Trinajstić information content (AvgIpc) is 3.53. The zero-order valence-electron chi connectivity index (χ0n) is 20.3. The summed E-state index contributed by atoms with van der Waals surface area (Å²) in [7, 11) is 3.30. The quantitative estimate of drug-likeness (QED) is 0.397. The van der Waals surface area contributed by atoms with Crippen LogP contribution >= 0.6 is 0 Å². The van der Waals surface area contributed by atoms with E-state index in [1.807, 2.05) is 29.2 Å². The lowest BCUT2D eigenvalue weighted by Crippen LogP contribution is -2.33. The van der Waals surface area contributed by atoms with Crippen LogP contribution in [0.25, 0.3) is 11.3 Å². The molecule has 0 radical (unpaired) electrons. The number of anilines is 1. The van der Waals surface area contributed by atoms with Crippen LogP contribution in [0.1, 0.15) is 40.7 Å². The summed E-state index contributed by atoms with van der Waals surface area (Å²) < 4.78 is 16.4. The number of aromatic nitrogens is 1. The van der Waals surface area contributed by atoms with Crippen molar-refractivity contribution in [3.63, 3.8) is 0 Å². The smallest absolute Gasteiger partial charge is 0.254 e. The van der Waals surface area contributed by atoms with Crippen molar-refractivity contribution >= 4 is 11.8 Å². The molecule has 2 aromatic carbocycles. The summed E-state index contributed by atoms with van der Waals surface area (Å²) in [6.45, 7) is 5.50. The Morgan fingerprint density at radius 2 is 1.88 bits per heavy atom. The largest absolute Gasteiger partial charge is 0.497 e. The number of nitrogens with zero attached hydrogens (tertiary/aromatic N) is 3. The molecule has 0 bridgehead atoms. The summed E-state index contributed by atoms with van der Waals surface area (Å²) in [6, 6.07) is 15.5. The Kier molecular flexibility index (Phi) is 7.85.